The second kappa shape index (κ2) is 5.23. The molecular formula is C13H11ClFNO2. The summed E-state index contributed by atoms with van der Waals surface area (Å²) in [5.74, 6) is -0.495. The van der Waals surface area contributed by atoms with Crippen molar-refractivity contribution in [3.63, 3.8) is 0 Å². The summed E-state index contributed by atoms with van der Waals surface area (Å²) in [6.07, 6.45) is 0. The second-order valence-electron chi connectivity index (χ2n) is 3.63. The van der Waals surface area contributed by atoms with E-state index in [-0.39, 0.29) is 22.7 Å². The van der Waals surface area contributed by atoms with Gasteiger partial charge < -0.3 is 9.32 Å². The average molecular weight is 268 g/mol. The van der Waals surface area contributed by atoms with E-state index in [4.69, 9.17) is 16.0 Å². The molecule has 1 heterocycles. The molecule has 0 spiro atoms. The Hall–Kier alpha value is -1.81. The van der Waals surface area contributed by atoms with Crippen LogP contribution < -0.4 is 4.90 Å². The van der Waals surface area contributed by atoms with Gasteiger partial charge in [-0.2, -0.15) is 0 Å². The molecule has 0 fully saturated rings. The van der Waals surface area contributed by atoms with E-state index >= 15 is 0 Å². The maximum Gasteiger partial charge on any atom is 0.294 e. The molecule has 0 unspecified atom stereocenters. The molecule has 1 aromatic heterocycles. The molecule has 0 saturated heterocycles. The summed E-state index contributed by atoms with van der Waals surface area (Å²) in [6.45, 7) is 2.27. The third-order valence-corrected chi connectivity index (χ3v) is 2.69. The monoisotopic (exact) mass is 267 g/mol. The normalized spacial score (nSPS) is 10.4. The molecule has 3 nitrogen and oxygen atoms in total. The van der Waals surface area contributed by atoms with E-state index in [1.807, 2.05) is 6.92 Å². The average Bonchev–Trinajstić information content (AvgIpc) is 2.79. The van der Waals surface area contributed by atoms with Crippen molar-refractivity contribution in [1.29, 1.82) is 0 Å². The highest BCUT2D eigenvalue weighted by atomic mass is 35.5. The number of benzene rings is 1. The fraction of sp³-hybridized carbons (Fsp3) is 0.154. The van der Waals surface area contributed by atoms with Crippen molar-refractivity contribution >= 4 is 23.2 Å². The Kier molecular flexibility index (Phi) is 3.67. The van der Waals surface area contributed by atoms with Crippen molar-refractivity contribution in [2.24, 2.45) is 0 Å². The van der Waals surface area contributed by atoms with Gasteiger partial charge >= 0.3 is 0 Å². The summed E-state index contributed by atoms with van der Waals surface area (Å²) in [4.78, 5) is 13.6. The van der Waals surface area contributed by atoms with Crippen LogP contribution in [0.15, 0.2) is 40.8 Å². The SMILES string of the molecule is CCN(C(=O)c1ccc(Cl)o1)c1ccc(F)cc1. The van der Waals surface area contributed by atoms with E-state index < -0.39 is 0 Å². The molecule has 94 valence electrons. The molecule has 2 rings (SSSR count). The summed E-state index contributed by atoms with van der Waals surface area (Å²) in [5, 5.41) is 0.161. The highest BCUT2D eigenvalue weighted by Gasteiger charge is 2.19. The summed E-state index contributed by atoms with van der Waals surface area (Å²) < 4.78 is 17.9. The molecule has 0 radical (unpaired) electrons. The molecule has 0 N–H and O–H groups in total. The van der Waals surface area contributed by atoms with Crippen molar-refractivity contribution in [1.82, 2.24) is 0 Å². The molecule has 2 aromatic rings. The molecular weight excluding hydrogens is 257 g/mol. The number of hydrogen-bond acceptors (Lipinski definition) is 2. The topological polar surface area (TPSA) is 33.5 Å². The van der Waals surface area contributed by atoms with Gasteiger partial charge in [-0.15, -0.1) is 0 Å². The molecule has 0 saturated carbocycles. The van der Waals surface area contributed by atoms with Crippen LogP contribution >= 0.6 is 11.6 Å². The Morgan fingerprint density at radius 2 is 1.94 bits per heavy atom. The maximum absolute atomic E-state index is 12.8. The van der Waals surface area contributed by atoms with Crippen molar-refractivity contribution in [2.45, 2.75) is 6.92 Å². The first-order chi connectivity index (χ1) is 8.61. The predicted molar refractivity (Wildman–Crippen MR) is 67.5 cm³/mol. The van der Waals surface area contributed by atoms with E-state index in [2.05, 4.69) is 0 Å². The molecule has 18 heavy (non-hydrogen) atoms. The van der Waals surface area contributed by atoms with Crippen molar-refractivity contribution in [3.8, 4) is 0 Å². The van der Waals surface area contributed by atoms with Crippen LogP contribution in [-0.2, 0) is 0 Å². The van der Waals surface area contributed by atoms with Gasteiger partial charge in [-0.1, -0.05) is 0 Å². The largest absolute Gasteiger partial charge is 0.440 e. The minimum Gasteiger partial charge on any atom is -0.440 e. The molecule has 0 aliphatic rings. The minimum atomic E-state index is -0.344. The van der Waals surface area contributed by atoms with Gasteiger partial charge in [0.2, 0.25) is 0 Å². The number of nitrogens with zero attached hydrogens (tertiary/aromatic N) is 1. The van der Waals surface area contributed by atoms with Crippen LogP contribution in [-0.4, -0.2) is 12.5 Å². The maximum atomic E-state index is 12.8. The van der Waals surface area contributed by atoms with Crippen molar-refractivity contribution < 1.29 is 13.6 Å². The van der Waals surface area contributed by atoms with Crippen LogP contribution in [0.25, 0.3) is 0 Å². The lowest BCUT2D eigenvalue weighted by atomic mass is 10.2. The lowest BCUT2D eigenvalue weighted by molar-refractivity contribution is 0.0962. The quantitative estimate of drug-likeness (QED) is 0.849. The predicted octanol–water partition coefficient (Wildman–Crippen LogP) is 3.74. The number of halogens is 2. The summed E-state index contributed by atoms with van der Waals surface area (Å²) in [6, 6.07) is 8.72. The fourth-order valence-corrected chi connectivity index (χ4v) is 1.77. The Morgan fingerprint density at radius 3 is 2.44 bits per heavy atom. The van der Waals surface area contributed by atoms with Gasteiger partial charge in [0.1, 0.15) is 5.82 Å². The van der Waals surface area contributed by atoms with Crippen LogP contribution in [0.4, 0.5) is 10.1 Å². The number of furan rings is 1. The molecule has 0 atom stereocenters. The molecule has 0 aliphatic heterocycles. The van der Waals surface area contributed by atoms with Crippen LogP contribution in [0.1, 0.15) is 17.5 Å². The van der Waals surface area contributed by atoms with Crippen molar-refractivity contribution in [2.75, 3.05) is 11.4 Å². The van der Waals surface area contributed by atoms with E-state index in [1.54, 1.807) is 12.1 Å². The van der Waals surface area contributed by atoms with Gasteiger partial charge in [0, 0.05) is 12.2 Å². The third-order valence-electron chi connectivity index (χ3n) is 2.48. The smallest absolute Gasteiger partial charge is 0.294 e. The lowest BCUT2D eigenvalue weighted by Crippen LogP contribution is -2.30. The fourth-order valence-electron chi connectivity index (χ4n) is 1.63. The Labute approximate surface area is 109 Å². The van der Waals surface area contributed by atoms with Crippen molar-refractivity contribution in [3.05, 3.63) is 53.2 Å². The summed E-state index contributed by atoms with van der Waals surface area (Å²) in [5.41, 5.74) is 0.608. The molecule has 0 bridgehead atoms. The number of hydrogen-bond donors (Lipinski definition) is 0. The first-order valence-electron chi connectivity index (χ1n) is 5.44. The zero-order valence-corrected chi connectivity index (χ0v) is 10.4. The van der Waals surface area contributed by atoms with Gasteiger partial charge in [0.15, 0.2) is 11.0 Å². The van der Waals surface area contributed by atoms with Crippen LogP contribution in [0.5, 0.6) is 0 Å². The standard InChI is InChI=1S/C13H11ClFNO2/c1-2-16(10-5-3-9(15)4-6-10)13(17)11-7-8-12(14)18-11/h3-8H,2H2,1H3. The first-order valence-corrected chi connectivity index (χ1v) is 5.82. The number of amides is 1. The number of carbonyl (C=O) groups excluding carboxylic acids is 1. The molecule has 5 heteroatoms. The van der Waals surface area contributed by atoms with Crippen LogP contribution in [0, 0.1) is 5.82 Å². The van der Waals surface area contributed by atoms with Gasteiger partial charge in [0.05, 0.1) is 0 Å². The number of rotatable bonds is 3. The first kappa shape index (κ1) is 12.6. The minimum absolute atomic E-state index is 0.158. The van der Waals surface area contributed by atoms with E-state index in [0.717, 1.165) is 0 Å². The third kappa shape index (κ3) is 2.54. The molecule has 1 amide bonds. The van der Waals surface area contributed by atoms with Crippen LogP contribution in [0.2, 0.25) is 5.22 Å². The zero-order valence-electron chi connectivity index (χ0n) is 9.69. The Bertz CT molecular complexity index is 550. The molecule has 0 aliphatic carbocycles. The Balaban J connectivity index is 2.28. The van der Waals surface area contributed by atoms with Gasteiger partial charge in [-0.3, -0.25) is 4.79 Å². The van der Waals surface area contributed by atoms with Crippen LogP contribution in [0.3, 0.4) is 0 Å². The van der Waals surface area contributed by atoms with Gasteiger partial charge in [0.25, 0.3) is 5.91 Å². The summed E-state index contributed by atoms with van der Waals surface area (Å²) in [7, 11) is 0. The highest BCUT2D eigenvalue weighted by Crippen LogP contribution is 2.20. The number of carbonyl (C=O) groups is 1. The Morgan fingerprint density at radius 1 is 1.28 bits per heavy atom. The zero-order chi connectivity index (χ0) is 13.1. The lowest BCUT2D eigenvalue weighted by Gasteiger charge is -2.19. The number of anilines is 1. The van der Waals surface area contributed by atoms with E-state index in [1.165, 1.54) is 29.2 Å². The molecule has 1 aromatic carbocycles. The van der Waals surface area contributed by atoms with Gasteiger partial charge in [-0.05, 0) is 54.9 Å². The van der Waals surface area contributed by atoms with E-state index in [0.29, 0.717) is 12.2 Å². The highest BCUT2D eigenvalue weighted by molar-refractivity contribution is 6.29. The summed E-state index contributed by atoms with van der Waals surface area (Å²) >= 11 is 5.63. The second-order valence-corrected chi connectivity index (χ2v) is 4.00. The van der Waals surface area contributed by atoms with E-state index in [9.17, 15) is 9.18 Å². The van der Waals surface area contributed by atoms with Gasteiger partial charge in [-0.25, -0.2) is 4.39 Å².